The average molecular weight is 248 g/mol. The molecule has 0 aliphatic rings. The van der Waals surface area contributed by atoms with Crippen LogP contribution >= 0.6 is 34.5 Å². The molecule has 1 nitrogen and oxygen atoms in total. The number of halogens is 2. The van der Waals surface area contributed by atoms with Gasteiger partial charge in [-0.1, -0.05) is 29.1 Å². The fraction of sp³-hybridized carbons (Fsp3) is 0.400. The van der Waals surface area contributed by atoms with Crippen molar-refractivity contribution in [2.24, 2.45) is 0 Å². The van der Waals surface area contributed by atoms with Crippen LogP contribution in [0.4, 0.5) is 0 Å². The van der Waals surface area contributed by atoms with Crippen molar-refractivity contribution in [3.8, 4) is 12.3 Å². The maximum Gasteiger partial charge on any atom is 0.0991 e. The fourth-order valence-corrected chi connectivity index (χ4v) is 2.81. The third-order valence-electron chi connectivity index (χ3n) is 1.90. The molecule has 1 aromatic rings. The molecule has 0 aliphatic heterocycles. The Balaban J connectivity index is 2.75. The van der Waals surface area contributed by atoms with Gasteiger partial charge in [-0.05, 0) is 25.5 Å². The highest BCUT2D eigenvalue weighted by molar-refractivity contribution is 7.20. The minimum absolute atomic E-state index is 0.0275. The molecule has 2 unspecified atom stereocenters. The first-order valence-electron chi connectivity index (χ1n) is 4.21. The second-order valence-corrected chi connectivity index (χ2v) is 5.34. The van der Waals surface area contributed by atoms with Gasteiger partial charge < -0.3 is 0 Å². The third kappa shape index (κ3) is 2.90. The van der Waals surface area contributed by atoms with Crippen molar-refractivity contribution in [1.29, 1.82) is 0 Å². The quantitative estimate of drug-likeness (QED) is 0.804. The van der Waals surface area contributed by atoms with Crippen molar-refractivity contribution >= 4 is 34.5 Å². The highest BCUT2D eigenvalue weighted by atomic mass is 35.5. The van der Waals surface area contributed by atoms with E-state index in [1.807, 2.05) is 19.9 Å². The van der Waals surface area contributed by atoms with Crippen molar-refractivity contribution < 1.29 is 0 Å². The summed E-state index contributed by atoms with van der Waals surface area (Å²) in [5.41, 5.74) is 1.00. The highest BCUT2D eigenvalue weighted by Gasteiger charge is 2.14. The van der Waals surface area contributed by atoms with E-state index in [1.165, 1.54) is 11.3 Å². The molecule has 0 amide bonds. The smallest absolute Gasteiger partial charge is 0.0991 e. The molecule has 0 saturated carbocycles. The molecule has 0 radical (unpaired) electrons. The molecular weight excluding hydrogens is 237 g/mol. The predicted octanol–water partition coefficient (Wildman–Crippen LogP) is 3.73. The van der Waals surface area contributed by atoms with Gasteiger partial charge in [-0.25, -0.2) is 0 Å². The van der Waals surface area contributed by atoms with E-state index in [9.17, 15) is 0 Å². The molecular formula is C10H11Cl2NS. The Labute approximate surface area is 98.4 Å². The van der Waals surface area contributed by atoms with Gasteiger partial charge in [0.2, 0.25) is 0 Å². The van der Waals surface area contributed by atoms with Crippen molar-refractivity contribution in [2.75, 3.05) is 0 Å². The van der Waals surface area contributed by atoms with E-state index in [-0.39, 0.29) is 12.1 Å². The van der Waals surface area contributed by atoms with Gasteiger partial charge in [0.25, 0.3) is 0 Å². The molecule has 0 fully saturated rings. The standard InChI is InChI=1S/C10H11Cl2NS/c1-4-6(2)13-7(3)8-5-9(11)14-10(8)12/h1,5-7,13H,2-3H3. The van der Waals surface area contributed by atoms with Crippen LogP contribution < -0.4 is 5.32 Å². The number of nitrogens with one attached hydrogen (secondary N) is 1. The summed E-state index contributed by atoms with van der Waals surface area (Å²) in [4.78, 5) is 0. The van der Waals surface area contributed by atoms with Gasteiger partial charge in [0.15, 0.2) is 0 Å². The minimum atomic E-state index is 0.0275. The predicted molar refractivity (Wildman–Crippen MR) is 64.2 cm³/mol. The molecule has 0 aliphatic carbocycles. The lowest BCUT2D eigenvalue weighted by molar-refractivity contribution is 0.547. The van der Waals surface area contributed by atoms with E-state index in [4.69, 9.17) is 29.6 Å². The van der Waals surface area contributed by atoms with Crippen molar-refractivity contribution in [3.05, 3.63) is 20.3 Å². The topological polar surface area (TPSA) is 12.0 Å². The largest absolute Gasteiger partial charge is 0.297 e. The first-order chi connectivity index (χ1) is 6.54. The summed E-state index contributed by atoms with van der Waals surface area (Å²) in [7, 11) is 0. The lowest BCUT2D eigenvalue weighted by atomic mass is 10.1. The number of terminal acetylenes is 1. The Morgan fingerprint density at radius 1 is 1.50 bits per heavy atom. The molecule has 0 saturated heterocycles. The van der Waals surface area contributed by atoms with E-state index < -0.39 is 0 Å². The SMILES string of the molecule is C#CC(C)NC(C)c1cc(Cl)sc1Cl. The molecule has 2 atom stereocenters. The van der Waals surface area contributed by atoms with E-state index in [0.29, 0.717) is 4.34 Å². The monoisotopic (exact) mass is 247 g/mol. The van der Waals surface area contributed by atoms with Crippen LogP contribution in [-0.2, 0) is 0 Å². The van der Waals surface area contributed by atoms with Crippen LogP contribution in [-0.4, -0.2) is 6.04 Å². The first kappa shape index (κ1) is 11.9. The molecule has 76 valence electrons. The first-order valence-corrected chi connectivity index (χ1v) is 5.78. The number of thiophene rings is 1. The number of hydrogen-bond acceptors (Lipinski definition) is 2. The van der Waals surface area contributed by atoms with Crippen LogP contribution in [0, 0.1) is 12.3 Å². The van der Waals surface area contributed by atoms with Gasteiger partial charge in [-0.3, -0.25) is 5.32 Å². The summed E-state index contributed by atoms with van der Waals surface area (Å²) in [6.45, 7) is 3.94. The van der Waals surface area contributed by atoms with Gasteiger partial charge >= 0.3 is 0 Å². The van der Waals surface area contributed by atoms with Crippen molar-refractivity contribution in [3.63, 3.8) is 0 Å². The van der Waals surface area contributed by atoms with Gasteiger partial charge in [-0.15, -0.1) is 17.8 Å². The van der Waals surface area contributed by atoms with E-state index in [0.717, 1.165) is 9.90 Å². The Morgan fingerprint density at radius 3 is 2.57 bits per heavy atom. The van der Waals surface area contributed by atoms with Crippen LogP contribution in [0.1, 0.15) is 25.5 Å². The van der Waals surface area contributed by atoms with Crippen LogP contribution in [0.25, 0.3) is 0 Å². The third-order valence-corrected chi connectivity index (χ3v) is 3.42. The van der Waals surface area contributed by atoms with Crippen LogP contribution in [0.3, 0.4) is 0 Å². The van der Waals surface area contributed by atoms with E-state index in [2.05, 4.69) is 11.2 Å². The van der Waals surface area contributed by atoms with Gasteiger partial charge in [0, 0.05) is 6.04 Å². The molecule has 0 spiro atoms. The van der Waals surface area contributed by atoms with Crippen molar-refractivity contribution in [1.82, 2.24) is 5.32 Å². The van der Waals surface area contributed by atoms with Crippen LogP contribution in [0.5, 0.6) is 0 Å². The van der Waals surface area contributed by atoms with Gasteiger partial charge in [-0.2, -0.15) is 0 Å². The average Bonchev–Trinajstić information content (AvgIpc) is 2.45. The molecule has 1 N–H and O–H groups in total. The molecule has 0 bridgehead atoms. The maximum absolute atomic E-state index is 6.01. The summed E-state index contributed by atoms with van der Waals surface area (Å²) in [5.74, 6) is 2.61. The Morgan fingerprint density at radius 2 is 2.14 bits per heavy atom. The molecule has 0 aromatic carbocycles. The van der Waals surface area contributed by atoms with Gasteiger partial charge in [0.1, 0.15) is 0 Å². The maximum atomic E-state index is 6.01. The summed E-state index contributed by atoms with van der Waals surface area (Å²) < 4.78 is 1.42. The summed E-state index contributed by atoms with van der Waals surface area (Å²) in [5, 5.41) is 3.23. The van der Waals surface area contributed by atoms with Crippen LogP contribution in [0.15, 0.2) is 6.07 Å². The second kappa shape index (κ2) is 5.04. The zero-order chi connectivity index (χ0) is 10.7. The Hall–Kier alpha value is -0.200. The molecule has 4 heteroatoms. The summed E-state index contributed by atoms with van der Waals surface area (Å²) in [6, 6.07) is 2.02. The highest BCUT2D eigenvalue weighted by Crippen LogP contribution is 2.34. The Kier molecular flexibility index (Phi) is 4.28. The summed E-state index contributed by atoms with van der Waals surface area (Å²) in [6.07, 6.45) is 5.27. The second-order valence-electron chi connectivity index (χ2n) is 3.06. The molecule has 14 heavy (non-hydrogen) atoms. The Bertz CT molecular complexity index is 353. The minimum Gasteiger partial charge on any atom is -0.297 e. The zero-order valence-electron chi connectivity index (χ0n) is 7.97. The lowest BCUT2D eigenvalue weighted by Gasteiger charge is -2.15. The van der Waals surface area contributed by atoms with E-state index in [1.54, 1.807) is 0 Å². The fourth-order valence-electron chi connectivity index (χ4n) is 1.16. The van der Waals surface area contributed by atoms with Gasteiger partial charge in [0.05, 0.1) is 14.7 Å². The normalized spacial score (nSPS) is 14.8. The van der Waals surface area contributed by atoms with Crippen LogP contribution in [0.2, 0.25) is 8.67 Å². The molecule has 1 rings (SSSR count). The molecule has 1 heterocycles. The van der Waals surface area contributed by atoms with E-state index >= 15 is 0 Å². The number of rotatable bonds is 3. The zero-order valence-corrected chi connectivity index (χ0v) is 10.3. The van der Waals surface area contributed by atoms with Crippen molar-refractivity contribution in [2.45, 2.75) is 25.9 Å². The summed E-state index contributed by atoms with van der Waals surface area (Å²) >= 11 is 13.2. The number of hydrogen-bond donors (Lipinski definition) is 1. The lowest BCUT2D eigenvalue weighted by Crippen LogP contribution is -2.27. The molecule has 1 aromatic heterocycles.